The van der Waals surface area contributed by atoms with Crippen LogP contribution in [0.2, 0.25) is 0 Å². The molecule has 0 spiro atoms. The second-order valence-corrected chi connectivity index (χ2v) is 11.5. The number of anilines is 1. The quantitative estimate of drug-likeness (QED) is 0.501. The number of piperidine rings is 1. The summed E-state index contributed by atoms with van der Waals surface area (Å²) in [5.41, 5.74) is 3.81. The van der Waals surface area contributed by atoms with Crippen LogP contribution in [0.15, 0.2) is 41.1 Å². The molecular weight excluding hydrogens is 452 g/mol. The lowest BCUT2D eigenvalue weighted by Gasteiger charge is -2.33. The second-order valence-electron chi connectivity index (χ2n) is 9.37. The highest BCUT2D eigenvalue weighted by molar-refractivity contribution is 7.89. The molecule has 9 heteroatoms. The molecule has 0 amide bonds. The SMILES string of the molecule is CCCc1noc(N2CCC(C3Cc4cc(-c5ccc(CS(C)(=O)=O)cc5)ncc4O3)CC2)n1. The Hall–Kier alpha value is -2.94. The fourth-order valence-corrected chi connectivity index (χ4v) is 5.63. The van der Waals surface area contributed by atoms with Crippen molar-refractivity contribution in [2.45, 2.75) is 50.9 Å². The first-order chi connectivity index (χ1) is 16.4. The molecule has 1 fully saturated rings. The van der Waals surface area contributed by atoms with Crippen LogP contribution in [0.4, 0.5) is 6.01 Å². The Bertz CT molecular complexity index is 1250. The van der Waals surface area contributed by atoms with Gasteiger partial charge in [-0.2, -0.15) is 4.98 Å². The molecule has 0 aliphatic carbocycles. The number of aryl methyl sites for hydroxylation is 1. The average molecular weight is 483 g/mol. The minimum Gasteiger partial charge on any atom is -0.488 e. The molecule has 1 unspecified atom stereocenters. The van der Waals surface area contributed by atoms with E-state index in [9.17, 15) is 8.42 Å². The van der Waals surface area contributed by atoms with Gasteiger partial charge in [-0.05, 0) is 36.8 Å². The van der Waals surface area contributed by atoms with E-state index >= 15 is 0 Å². The predicted octanol–water partition coefficient (Wildman–Crippen LogP) is 3.85. The number of hydrogen-bond donors (Lipinski definition) is 0. The Morgan fingerprint density at radius 1 is 1.15 bits per heavy atom. The van der Waals surface area contributed by atoms with E-state index in [2.05, 4.69) is 33.0 Å². The highest BCUT2D eigenvalue weighted by Crippen LogP contribution is 2.37. The Balaban J connectivity index is 1.20. The number of benzene rings is 1. The van der Waals surface area contributed by atoms with Crippen molar-refractivity contribution in [2.75, 3.05) is 24.2 Å². The van der Waals surface area contributed by atoms with Crippen LogP contribution in [0.25, 0.3) is 11.3 Å². The Kier molecular flexibility index (Phi) is 6.29. The molecule has 0 saturated carbocycles. The molecule has 2 aliphatic heterocycles. The minimum atomic E-state index is -3.05. The number of rotatable bonds is 7. The summed E-state index contributed by atoms with van der Waals surface area (Å²) >= 11 is 0. The molecule has 0 radical (unpaired) electrons. The summed E-state index contributed by atoms with van der Waals surface area (Å²) in [6.45, 7) is 3.88. The molecule has 4 heterocycles. The maximum Gasteiger partial charge on any atom is 0.324 e. The average Bonchev–Trinajstić information content (AvgIpc) is 3.46. The van der Waals surface area contributed by atoms with Crippen LogP contribution < -0.4 is 9.64 Å². The van der Waals surface area contributed by atoms with E-state index in [-0.39, 0.29) is 11.9 Å². The maximum atomic E-state index is 11.5. The van der Waals surface area contributed by atoms with E-state index in [1.54, 1.807) is 0 Å². The topological polar surface area (TPSA) is 98.4 Å². The number of ether oxygens (including phenoxy) is 1. The van der Waals surface area contributed by atoms with E-state index < -0.39 is 9.84 Å². The number of fused-ring (bicyclic) bond motifs is 1. The third kappa shape index (κ3) is 5.09. The summed E-state index contributed by atoms with van der Waals surface area (Å²) in [6.07, 6.45) is 7.99. The summed E-state index contributed by atoms with van der Waals surface area (Å²) in [5, 5.41) is 4.07. The lowest BCUT2D eigenvalue weighted by molar-refractivity contribution is 0.137. The summed E-state index contributed by atoms with van der Waals surface area (Å²) < 4.78 is 34.8. The van der Waals surface area contributed by atoms with Crippen molar-refractivity contribution in [1.29, 1.82) is 0 Å². The van der Waals surface area contributed by atoms with Crippen molar-refractivity contribution in [3.05, 3.63) is 53.5 Å². The normalized spacial score (nSPS) is 18.6. The Morgan fingerprint density at radius 2 is 1.91 bits per heavy atom. The lowest BCUT2D eigenvalue weighted by atomic mass is 9.89. The molecular formula is C25H30N4O4S. The van der Waals surface area contributed by atoms with Gasteiger partial charge in [0.05, 0.1) is 17.6 Å². The van der Waals surface area contributed by atoms with Gasteiger partial charge < -0.3 is 14.2 Å². The molecule has 1 saturated heterocycles. The van der Waals surface area contributed by atoms with Gasteiger partial charge in [-0.15, -0.1) is 0 Å². The van der Waals surface area contributed by atoms with Gasteiger partial charge in [0.15, 0.2) is 15.7 Å². The standard InChI is InChI=1S/C25H30N4O4S/c1-3-4-24-27-25(33-28-24)29-11-9-19(10-12-29)22-14-20-13-21(26-15-23(20)32-22)18-7-5-17(6-8-18)16-34(2,30)31/h5-8,13,15,19,22H,3-4,9-12,14,16H2,1-2H3. The summed E-state index contributed by atoms with van der Waals surface area (Å²) in [5.74, 6) is 2.17. The second kappa shape index (κ2) is 9.37. The molecule has 0 N–H and O–H groups in total. The van der Waals surface area contributed by atoms with Crippen LogP contribution in [0.3, 0.4) is 0 Å². The zero-order valence-electron chi connectivity index (χ0n) is 19.6. The number of sulfone groups is 1. The smallest absolute Gasteiger partial charge is 0.324 e. The molecule has 1 atom stereocenters. The Morgan fingerprint density at radius 3 is 2.62 bits per heavy atom. The predicted molar refractivity (Wildman–Crippen MR) is 130 cm³/mol. The zero-order valence-corrected chi connectivity index (χ0v) is 20.4. The lowest BCUT2D eigenvalue weighted by Crippen LogP contribution is -2.39. The van der Waals surface area contributed by atoms with Crippen molar-refractivity contribution in [2.24, 2.45) is 5.92 Å². The van der Waals surface area contributed by atoms with Gasteiger partial charge >= 0.3 is 6.01 Å². The summed E-state index contributed by atoms with van der Waals surface area (Å²) in [7, 11) is -3.05. The molecule has 3 aromatic rings. The summed E-state index contributed by atoms with van der Waals surface area (Å²) in [4.78, 5) is 11.3. The fraction of sp³-hybridized carbons (Fsp3) is 0.480. The molecule has 1 aromatic carbocycles. The first-order valence-electron chi connectivity index (χ1n) is 11.9. The van der Waals surface area contributed by atoms with Gasteiger partial charge in [-0.25, -0.2) is 8.42 Å². The van der Waals surface area contributed by atoms with Gasteiger partial charge in [0.25, 0.3) is 0 Å². The van der Waals surface area contributed by atoms with Crippen molar-refractivity contribution >= 4 is 15.9 Å². The van der Waals surface area contributed by atoms with Crippen LogP contribution in [0.5, 0.6) is 5.75 Å². The molecule has 34 heavy (non-hydrogen) atoms. The fourth-order valence-electron chi connectivity index (χ4n) is 4.83. The van der Waals surface area contributed by atoms with E-state index in [4.69, 9.17) is 9.26 Å². The molecule has 2 aromatic heterocycles. The molecule has 0 bridgehead atoms. The van der Waals surface area contributed by atoms with Gasteiger partial charge in [0.2, 0.25) is 0 Å². The van der Waals surface area contributed by atoms with Crippen LogP contribution in [0, 0.1) is 5.92 Å². The summed E-state index contributed by atoms with van der Waals surface area (Å²) in [6, 6.07) is 10.3. The van der Waals surface area contributed by atoms with Crippen molar-refractivity contribution in [3.8, 4) is 17.0 Å². The van der Waals surface area contributed by atoms with E-state index in [0.29, 0.717) is 11.9 Å². The van der Waals surface area contributed by atoms with Crippen molar-refractivity contribution in [3.63, 3.8) is 0 Å². The number of hydrogen-bond acceptors (Lipinski definition) is 8. The number of nitrogens with zero attached hydrogens (tertiary/aromatic N) is 4. The third-order valence-electron chi connectivity index (χ3n) is 6.59. The number of aromatic nitrogens is 3. The van der Waals surface area contributed by atoms with Gasteiger partial charge in [-0.1, -0.05) is 36.3 Å². The van der Waals surface area contributed by atoms with E-state index in [1.807, 2.05) is 30.5 Å². The van der Waals surface area contributed by atoms with E-state index in [1.165, 1.54) is 11.8 Å². The van der Waals surface area contributed by atoms with Gasteiger partial charge in [-0.3, -0.25) is 4.98 Å². The first-order valence-corrected chi connectivity index (χ1v) is 13.9. The first kappa shape index (κ1) is 22.8. The van der Waals surface area contributed by atoms with E-state index in [0.717, 1.165) is 73.6 Å². The van der Waals surface area contributed by atoms with Gasteiger partial charge in [0.1, 0.15) is 11.9 Å². The molecule has 8 nitrogen and oxygen atoms in total. The maximum absolute atomic E-state index is 11.5. The molecule has 2 aliphatic rings. The largest absolute Gasteiger partial charge is 0.488 e. The van der Waals surface area contributed by atoms with Gasteiger partial charge in [0, 0.05) is 43.3 Å². The van der Waals surface area contributed by atoms with Crippen LogP contribution in [0.1, 0.15) is 43.1 Å². The zero-order chi connectivity index (χ0) is 23.7. The molecule has 5 rings (SSSR count). The Labute approximate surface area is 200 Å². The monoisotopic (exact) mass is 482 g/mol. The van der Waals surface area contributed by atoms with Crippen molar-refractivity contribution in [1.82, 2.24) is 15.1 Å². The van der Waals surface area contributed by atoms with Crippen LogP contribution >= 0.6 is 0 Å². The van der Waals surface area contributed by atoms with Crippen LogP contribution in [-0.4, -0.2) is 49.0 Å². The molecule has 180 valence electrons. The number of pyridine rings is 1. The van der Waals surface area contributed by atoms with Crippen molar-refractivity contribution < 1.29 is 17.7 Å². The highest BCUT2D eigenvalue weighted by Gasteiger charge is 2.34. The van der Waals surface area contributed by atoms with Crippen LogP contribution in [-0.2, 0) is 28.4 Å². The third-order valence-corrected chi connectivity index (χ3v) is 7.45. The highest BCUT2D eigenvalue weighted by atomic mass is 32.2. The minimum absolute atomic E-state index is 0.0473.